The Morgan fingerprint density at radius 2 is 1.95 bits per heavy atom. The van der Waals surface area contributed by atoms with Crippen LogP contribution in [-0.4, -0.2) is 9.97 Å². The van der Waals surface area contributed by atoms with Crippen molar-refractivity contribution in [3.05, 3.63) is 52.4 Å². The van der Waals surface area contributed by atoms with E-state index >= 15 is 0 Å². The van der Waals surface area contributed by atoms with Crippen molar-refractivity contribution < 1.29 is 0 Å². The number of nitrogens with zero attached hydrogens (tertiary/aromatic N) is 2. The molecule has 1 heterocycles. The Morgan fingerprint density at radius 1 is 1.23 bits per heavy atom. The van der Waals surface area contributed by atoms with Crippen LogP contribution >= 0.6 is 11.6 Å². The molecule has 2 aromatic rings. The van der Waals surface area contributed by atoms with Crippen molar-refractivity contribution >= 4 is 17.4 Å². The van der Waals surface area contributed by atoms with E-state index in [0.717, 1.165) is 12.1 Å². The Morgan fingerprint density at radius 3 is 2.59 bits per heavy atom. The summed E-state index contributed by atoms with van der Waals surface area (Å²) in [6.45, 7) is 10.8. The van der Waals surface area contributed by atoms with Gasteiger partial charge in [-0.3, -0.25) is 0 Å². The van der Waals surface area contributed by atoms with Gasteiger partial charge in [-0.2, -0.15) is 0 Å². The minimum absolute atomic E-state index is 0.124. The van der Waals surface area contributed by atoms with E-state index in [-0.39, 0.29) is 11.5 Å². The lowest BCUT2D eigenvalue weighted by Gasteiger charge is -2.22. The smallest absolute Gasteiger partial charge is 0.148 e. The average Bonchev–Trinajstić information content (AvgIpc) is 2.48. The Hall–Kier alpha value is -1.61. The molecule has 0 aliphatic heterocycles. The molecule has 0 amide bonds. The number of hydrogen-bond donors (Lipinski definition) is 1. The van der Waals surface area contributed by atoms with Gasteiger partial charge >= 0.3 is 0 Å². The first kappa shape index (κ1) is 16.8. The molecule has 0 bridgehead atoms. The van der Waals surface area contributed by atoms with Crippen LogP contribution < -0.4 is 5.32 Å². The maximum Gasteiger partial charge on any atom is 0.148 e. The number of aryl methyl sites for hydroxylation is 1. The SMILES string of the molecule is CCc1ncnc(NC(C)c2cccc(C(C)(C)C)c2)c1Cl. The Balaban J connectivity index is 2.25. The molecule has 0 saturated carbocycles. The fourth-order valence-electron chi connectivity index (χ4n) is 2.32. The summed E-state index contributed by atoms with van der Waals surface area (Å²) >= 11 is 6.36. The Kier molecular flexibility index (Phi) is 5.07. The molecule has 0 radical (unpaired) electrons. The lowest BCUT2D eigenvalue weighted by atomic mass is 9.85. The number of aromatic nitrogens is 2. The van der Waals surface area contributed by atoms with Gasteiger partial charge in [-0.15, -0.1) is 0 Å². The van der Waals surface area contributed by atoms with Crippen molar-refractivity contribution in [1.82, 2.24) is 9.97 Å². The third kappa shape index (κ3) is 3.77. The minimum Gasteiger partial charge on any atom is -0.362 e. The second kappa shape index (κ2) is 6.66. The molecule has 1 aromatic carbocycles. The molecular formula is C18H24ClN3. The van der Waals surface area contributed by atoms with Gasteiger partial charge in [-0.25, -0.2) is 9.97 Å². The van der Waals surface area contributed by atoms with Crippen molar-refractivity contribution in [3.8, 4) is 0 Å². The lowest BCUT2D eigenvalue weighted by Crippen LogP contribution is -2.14. The molecule has 0 fully saturated rings. The van der Waals surface area contributed by atoms with Gasteiger partial charge in [0, 0.05) is 0 Å². The van der Waals surface area contributed by atoms with Gasteiger partial charge in [0.1, 0.15) is 17.2 Å². The van der Waals surface area contributed by atoms with E-state index in [0.29, 0.717) is 10.8 Å². The zero-order valence-corrected chi connectivity index (χ0v) is 14.7. The Labute approximate surface area is 138 Å². The molecule has 0 aliphatic rings. The van der Waals surface area contributed by atoms with E-state index in [9.17, 15) is 0 Å². The molecule has 2 rings (SSSR count). The third-order valence-corrected chi connectivity index (χ3v) is 4.20. The van der Waals surface area contributed by atoms with Gasteiger partial charge in [0.25, 0.3) is 0 Å². The van der Waals surface area contributed by atoms with Crippen LogP contribution in [0.25, 0.3) is 0 Å². The molecule has 3 nitrogen and oxygen atoms in total. The van der Waals surface area contributed by atoms with Crippen LogP contribution in [0.2, 0.25) is 5.02 Å². The van der Waals surface area contributed by atoms with Gasteiger partial charge in [-0.05, 0) is 29.9 Å². The Bertz CT molecular complexity index is 647. The van der Waals surface area contributed by atoms with Gasteiger partial charge in [0.15, 0.2) is 0 Å². The van der Waals surface area contributed by atoms with Gasteiger partial charge in [-0.1, -0.05) is 63.6 Å². The fourth-order valence-corrected chi connectivity index (χ4v) is 2.60. The first-order chi connectivity index (χ1) is 10.3. The molecular weight excluding hydrogens is 294 g/mol. The topological polar surface area (TPSA) is 37.8 Å². The summed E-state index contributed by atoms with van der Waals surface area (Å²) in [6, 6.07) is 8.77. The number of anilines is 1. The van der Waals surface area contributed by atoms with Crippen LogP contribution in [0.3, 0.4) is 0 Å². The van der Waals surface area contributed by atoms with Gasteiger partial charge in [0.05, 0.1) is 11.7 Å². The minimum atomic E-state index is 0.124. The largest absolute Gasteiger partial charge is 0.362 e. The molecule has 4 heteroatoms. The zero-order valence-electron chi connectivity index (χ0n) is 13.9. The standard InChI is InChI=1S/C18H24ClN3/c1-6-15-16(19)17(21-11-20-15)22-12(2)13-8-7-9-14(10-13)18(3,4)5/h7-12H,6H2,1-5H3,(H,20,21,22). The molecule has 1 N–H and O–H groups in total. The molecule has 0 spiro atoms. The number of rotatable bonds is 4. The number of halogens is 1. The predicted molar refractivity (Wildman–Crippen MR) is 93.6 cm³/mol. The van der Waals surface area contributed by atoms with Crippen molar-refractivity contribution in [2.24, 2.45) is 0 Å². The van der Waals surface area contributed by atoms with Crippen LogP contribution in [0.15, 0.2) is 30.6 Å². The molecule has 1 unspecified atom stereocenters. The summed E-state index contributed by atoms with van der Waals surface area (Å²) in [5.41, 5.74) is 3.55. The van der Waals surface area contributed by atoms with Crippen molar-refractivity contribution in [2.75, 3.05) is 5.32 Å². The summed E-state index contributed by atoms with van der Waals surface area (Å²) in [7, 11) is 0. The molecule has 1 aromatic heterocycles. The van der Waals surface area contributed by atoms with E-state index in [1.54, 1.807) is 6.33 Å². The second-order valence-corrected chi connectivity index (χ2v) is 6.96. The summed E-state index contributed by atoms with van der Waals surface area (Å²) in [4.78, 5) is 8.47. The average molecular weight is 318 g/mol. The zero-order chi connectivity index (χ0) is 16.3. The van der Waals surface area contributed by atoms with Crippen LogP contribution in [0, 0.1) is 0 Å². The number of nitrogens with one attached hydrogen (secondary N) is 1. The normalized spacial score (nSPS) is 13.0. The van der Waals surface area contributed by atoms with E-state index in [1.165, 1.54) is 11.1 Å². The summed E-state index contributed by atoms with van der Waals surface area (Å²) in [6.07, 6.45) is 2.36. The summed E-state index contributed by atoms with van der Waals surface area (Å²) < 4.78 is 0. The highest BCUT2D eigenvalue weighted by molar-refractivity contribution is 6.33. The molecule has 1 atom stereocenters. The van der Waals surface area contributed by atoms with Crippen molar-refractivity contribution in [2.45, 2.75) is 52.5 Å². The monoisotopic (exact) mass is 317 g/mol. The summed E-state index contributed by atoms with van der Waals surface area (Å²) in [5, 5.41) is 4.01. The number of benzene rings is 1. The lowest BCUT2D eigenvalue weighted by molar-refractivity contribution is 0.588. The fraction of sp³-hybridized carbons (Fsp3) is 0.444. The quantitative estimate of drug-likeness (QED) is 0.846. The molecule has 0 aliphatic carbocycles. The highest BCUT2D eigenvalue weighted by Crippen LogP contribution is 2.29. The van der Waals surface area contributed by atoms with Crippen LogP contribution in [0.5, 0.6) is 0 Å². The molecule has 22 heavy (non-hydrogen) atoms. The van der Waals surface area contributed by atoms with Crippen LogP contribution in [-0.2, 0) is 11.8 Å². The third-order valence-electron chi connectivity index (χ3n) is 3.80. The first-order valence-electron chi connectivity index (χ1n) is 7.69. The van der Waals surface area contributed by atoms with Gasteiger partial charge < -0.3 is 5.32 Å². The van der Waals surface area contributed by atoms with Crippen molar-refractivity contribution in [1.29, 1.82) is 0 Å². The van der Waals surface area contributed by atoms with Gasteiger partial charge in [0.2, 0.25) is 0 Å². The molecule has 118 valence electrons. The van der Waals surface area contributed by atoms with Crippen molar-refractivity contribution in [3.63, 3.8) is 0 Å². The first-order valence-corrected chi connectivity index (χ1v) is 8.07. The van der Waals surface area contributed by atoms with E-state index in [1.807, 2.05) is 6.92 Å². The maximum atomic E-state index is 6.36. The number of hydrogen-bond acceptors (Lipinski definition) is 3. The second-order valence-electron chi connectivity index (χ2n) is 6.58. The van der Waals surface area contributed by atoms with E-state index in [2.05, 4.69) is 67.2 Å². The predicted octanol–water partition coefficient (Wildman–Crippen LogP) is 5.16. The van der Waals surface area contributed by atoms with Crippen LogP contribution in [0.4, 0.5) is 5.82 Å². The molecule has 0 saturated heterocycles. The summed E-state index contributed by atoms with van der Waals surface area (Å²) in [5.74, 6) is 0.696. The van der Waals surface area contributed by atoms with E-state index in [4.69, 9.17) is 11.6 Å². The highest BCUT2D eigenvalue weighted by atomic mass is 35.5. The maximum absolute atomic E-state index is 6.36. The van der Waals surface area contributed by atoms with Crippen LogP contribution in [0.1, 0.15) is 57.5 Å². The van der Waals surface area contributed by atoms with E-state index < -0.39 is 0 Å². The highest BCUT2D eigenvalue weighted by Gasteiger charge is 2.16.